The van der Waals surface area contributed by atoms with Crippen molar-refractivity contribution in [3.05, 3.63) is 95.3 Å². The number of cyclic esters (lactones) is 2. The molecule has 8 rings (SSSR count). The van der Waals surface area contributed by atoms with Gasteiger partial charge in [-0.2, -0.15) is 10.2 Å². The smallest absolute Gasteiger partial charge is 0.415 e. The highest BCUT2D eigenvalue weighted by Gasteiger charge is 2.32. The second-order valence-electron chi connectivity index (χ2n) is 11.9. The summed E-state index contributed by atoms with van der Waals surface area (Å²) >= 11 is 0. The number of carbonyl (C=O) groups excluding carboxylic acids is 2. The van der Waals surface area contributed by atoms with Gasteiger partial charge in [0.15, 0.2) is 6.73 Å². The van der Waals surface area contributed by atoms with Crippen LogP contribution in [-0.4, -0.2) is 75.0 Å². The lowest BCUT2D eigenvalue weighted by molar-refractivity contribution is 0.179. The highest BCUT2D eigenvalue weighted by molar-refractivity contribution is 5.94. The maximum absolute atomic E-state index is 12.4. The lowest BCUT2D eigenvalue weighted by Gasteiger charge is -2.16. The van der Waals surface area contributed by atoms with Crippen molar-refractivity contribution < 1.29 is 28.5 Å². The van der Waals surface area contributed by atoms with E-state index < -0.39 is 12.2 Å². The van der Waals surface area contributed by atoms with E-state index in [9.17, 15) is 9.59 Å². The van der Waals surface area contributed by atoms with Crippen molar-refractivity contribution in [3.8, 4) is 11.5 Å². The number of carbonyl (C=O) groups is 2. The van der Waals surface area contributed by atoms with Gasteiger partial charge in [0.25, 0.3) is 0 Å². The molecule has 1 N–H and O–H groups in total. The third kappa shape index (κ3) is 6.30. The second kappa shape index (κ2) is 13.3. The van der Waals surface area contributed by atoms with Crippen molar-refractivity contribution in [2.75, 3.05) is 36.7 Å². The minimum Gasteiger partial charge on any atom is -0.497 e. The molecule has 256 valence electrons. The second-order valence-corrected chi connectivity index (χ2v) is 11.9. The summed E-state index contributed by atoms with van der Waals surface area (Å²) in [6.45, 7) is 3.15. The number of hydrogen-bond donors (Lipinski definition) is 1. The monoisotopic (exact) mass is 684 g/mol. The van der Waals surface area contributed by atoms with E-state index >= 15 is 0 Å². The minimum atomic E-state index is -0.423. The number of nitrogens with zero attached hydrogens (tertiary/aromatic N) is 7. The van der Waals surface area contributed by atoms with Gasteiger partial charge in [0.05, 0.1) is 30.7 Å². The van der Waals surface area contributed by atoms with Crippen LogP contribution >= 0.6 is 0 Å². The first-order valence-electron chi connectivity index (χ1n) is 16.3. The third-order valence-electron chi connectivity index (χ3n) is 8.61. The predicted molar refractivity (Wildman–Crippen MR) is 191 cm³/mol. The largest absolute Gasteiger partial charge is 0.497 e. The van der Waals surface area contributed by atoms with Crippen LogP contribution in [0, 0.1) is 0 Å². The van der Waals surface area contributed by atoms with Gasteiger partial charge in [-0.3, -0.25) is 14.9 Å². The molecule has 6 aromatic rings. The van der Waals surface area contributed by atoms with Gasteiger partial charge in [-0.1, -0.05) is 36.4 Å². The van der Waals surface area contributed by atoms with Crippen molar-refractivity contribution in [2.24, 2.45) is 0 Å². The molecule has 2 fully saturated rings. The quantitative estimate of drug-likeness (QED) is 0.172. The Morgan fingerprint density at radius 2 is 1.51 bits per heavy atom. The number of pyridine rings is 2. The van der Waals surface area contributed by atoms with Crippen molar-refractivity contribution in [3.63, 3.8) is 0 Å². The van der Waals surface area contributed by atoms with Crippen LogP contribution in [0.3, 0.4) is 0 Å². The molecule has 14 heteroatoms. The van der Waals surface area contributed by atoms with Crippen LogP contribution in [0.2, 0.25) is 0 Å². The summed E-state index contributed by atoms with van der Waals surface area (Å²) in [6.07, 6.45) is 6.81. The zero-order valence-electron chi connectivity index (χ0n) is 27.7. The zero-order valence-corrected chi connectivity index (χ0v) is 27.7. The zero-order chi connectivity index (χ0) is 34.9. The van der Waals surface area contributed by atoms with Crippen molar-refractivity contribution in [2.45, 2.75) is 19.7 Å². The minimum absolute atomic E-state index is 0.128. The maximum Gasteiger partial charge on any atom is 0.415 e. The summed E-state index contributed by atoms with van der Waals surface area (Å²) in [7, 11) is 1.63. The van der Waals surface area contributed by atoms with Gasteiger partial charge < -0.3 is 18.9 Å². The number of aromatic nitrogens is 6. The molecule has 2 amide bonds. The van der Waals surface area contributed by atoms with Crippen LogP contribution in [0.25, 0.3) is 46.4 Å². The van der Waals surface area contributed by atoms with E-state index in [-0.39, 0.29) is 12.8 Å². The Kier molecular flexibility index (Phi) is 8.24. The van der Waals surface area contributed by atoms with Gasteiger partial charge in [-0.05, 0) is 78.7 Å². The summed E-state index contributed by atoms with van der Waals surface area (Å²) in [4.78, 5) is 37.0. The van der Waals surface area contributed by atoms with E-state index in [1.807, 2.05) is 91.9 Å². The first-order valence-corrected chi connectivity index (χ1v) is 16.3. The lowest BCUT2D eigenvalue weighted by Crippen LogP contribution is -2.31. The molecule has 2 aliphatic rings. The van der Waals surface area contributed by atoms with Gasteiger partial charge >= 0.3 is 12.2 Å². The summed E-state index contributed by atoms with van der Waals surface area (Å²) in [5.41, 5.74) is 5.96. The number of methoxy groups -OCH3 is 1. The van der Waals surface area contributed by atoms with E-state index in [1.54, 1.807) is 28.8 Å². The molecule has 0 unspecified atom stereocenters. The molecule has 6 heterocycles. The van der Waals surface area contributed by atoms with Crippen LogP contribution in [0.1, 0.15) is 29.4 Å². The Morgan fingerprint density at radius 3 is 2.20 bits per heavy atom. The fourth-order valence-corrected chi connectivity index (χ4v) is 5.90. The highest BCUT2D eigenvalue weighted by atomic mass is 16.6. The summed E-state index contributed by atoms with van der Waals surface area (Å²) < 4.78 is 23.5. The summed E-state index contributed by atoms with van der Waals surface area (Å²) in [6, 6.07) is 22.5. The number of nitrogens with one attached hydrogen (secondary N) is 1. The van der Waals surface area contributed by atoms with Crippen LogP contribution in [-0.2, 0) is 16.2 Å². The number of hydrogen-bond acceptors (Lipinski definition) is 10. The topological polar surface area (TPSA) is 150 Å². The van der Waals surface area contributed by atoms with Crippen LogP contribution in [0.5, 0.6) is 11.5 Å². The number of H-pyrrole nitrogens is 1. The number of anilines is 2. The molecular formula is C37H32N8O6. The van der Waals surface area contributed by atoms with Crippen molar-refractivity contribution in [1.29, 1.82) is 0 Å². The fourth-order valence-electron chi connectivity index (χ4n) is 5.90. The number of ether oxygens (including phenoxy) is 4. The van der Waals surface area contributed by atoms with E-state index in [2.05, 4.69) is 15.2 Å². The number of benzene rings is 2. The molecule has 2 saturated heterocycles. The van der Waals surface area contributed by atoms with Gasteiger partial charge in [-0.15, -0.1) is 0 Å². The molecule has 4 aromatic heterocycles. The lowest BCUT2D eigenvalue weighted by atomic mass is 10.2. The highest BCUT2D eigenvalue weighted by Crippen LogP contribution is 2.28. The number of amides is 2. The maximum atomic E-state index is 12.4. The number of aromatic amines is 1. The third-order valence-corrected chi connectivity index (χ3v) is 8.61. The van der Waals surface area contributed by atoms with E-state index in [1.165, 1.54) is 4.90 Å². The molecule has 0 spiro atoms. The van der Waals surface area contributed by atoms with E-state index in [0.29, 0.717) is 59.6 Å². The normalized spacial score (nSPS) is 16.2. The van der Waals surface area contributed by atoms with Crippen LogP contribution < -0.4 is 19.3 Å². The SMILES string of the molecule is COc1ccc(/C=C/c2nn(COc3ccc(/C=C/c4n[nH]c5ccc(N6CCOC6=O)nc45)cc3)c3ccc(N4C(=O)OC[C@@H]4C)nc23)cc1. The summed E-state index contributed by atoms with van der Waals surface area (Å²) in [5.74, 6) is 2.44. The fraction of sp³-hybridized carbons (Fsp3) is 0.189. The Morgan fingerprint density at radius 1 is 0.804 bits per heavy atom. The van der Waals surface area contributed by atoms with Crippen LogP contribution in [0.15, 0.2) is 72.8 Å². The predicted octanol–water partition coefficient (Wildman–Crippen LogP) is 6.39. The van der Waals surface area contributed by atoms with Gasteiger partial charge in [-0.25, -0.2) is 24.2 Å². The van der Waals surface area contributed by atoms with Gasteiger partial charge in [0.2, 0.25) is 0 Å². The Labute approximate surface area is 291 Å². The molecule has 0 aliphatic carbocycles. The van der Waals surface area contributed by atoms with Gasteiger partial charge in [0.1, 0.15) is 58.8 Å². The molecule has 2 aromatic carbocycles. The summed E-state index contributed by atoms with van der Waals surface area (Å²) in [5, 5.41) is 12.2. The molecule has 0 bridgehead atoms. The Bertz CT molecular complexity index is 2310. The molecule has 2 aliphatic heterocycles. The van der Waals surface area contributed by atoms with Gasteiger partial charge in [0, 0.05) is 0 Å². The van der Waals surface area contributed by atoms with E-state index in [0.717, 1.165) is 27.9 Å². The van der Waals surface area contributed by atoms with Crippen molar-refractivity contribution >= 4 is 70.2 Å². The van der Waals surface area contributed by atoms with Crippen molar-refractivity contribution in [1.82, 2.24) is 29.9 Å². The number of rotatable bonds is 10. The molecule has 0 radical (unpaired) electrons. The first kappa shape index (κ1) is 31.6. The van der Waals surface area contributed by atoms with Crippen LogP contribution in [0.4, 0.5) is 21.2 Å². The molecule has 14 nitrogen and oxygen atoms in total. The first-order chi connectivity index (χ1) is 24.9. The molecule has 1 atom stereocenters. The number of fused-ring (bicyclic) bond motifs is 2. The molecule has 51 heavy (non-hydrogen) atoms. The average molecular weight is 685 g/mol. The Balaban J connectivity index is 1.00. The van der Waals surface area contributed by atoms with E-state index in [4.69, 9.17) is 29.0 Å². The molecular weight excluding hydrogens is 652 g/mol. The standard InChI is InChI=1S/C37H32N8O6/c1-23-21-50-37(47)45(23)33-18-16-31-35(39-33)30(14-8-24-3-9-26(48-2)10-4-24)42-44(31)22-51-27-11-5-25(6-12-27)7-13-28-34-29(41-40-28)15-17-32(38-34)43-19-20-49-36(43)46/h3-18,23H,19-22H2,1-2H3,(H,40,41)/b13-7+,14-8+/t23-/m0/s1. The Hall–Kier alpha value is -6.70. The molecule has 0 saturated carbocycles. The average Bonchev–Trinajstić information content (AvgIpc) is 3.94.